The Morgan fingerprint density at radius 2 is 1.42 bits per heavy atom. The molecule has 1 aromatic carbocycles. The van der Waals surface area contributed by atoms with Gasteiger partial charge in [0, 0.05) is 13.0 Å². The number of benzene rings is 1. The number of nitrogens with one attached hydrogen (secondary N) is 1. The fourth-order valence-electron chi connectivity index (χ4n) is 2.65. The van der Waals surface area contributed by atoms with Crippen molar-refractivity contribution in [3.63, 3.8) is 0 Å². The molecule has 0 unspecified atom stereocenters. The van der Waals surface area contributed by atoms with Crippen molar-refractivity contribution in [3.8, 4) is 0 Å². The van der Waals surface area contributed by atoms with Gasteiger partial charge < -0.3 is 10.4 Å². The van der Waals surface area contributed by atoms with Gasteiger partial charge in [0.25, 0.3) is 0 Å². The first-order chi connectivity index (χ1) is 11.6. The molecule has 4 heteroatoms. The number of carboxylic acid groups (broad SMARTS) is 1. The van der Waals surface area contributed by atoms with Gasteiger partial charge in [0.15, 0.2) is 0 Å². The largest absolute Gasteiger partial charge is 0.478 e. The molecular formula is C20H31NO3. The summed E-state index contributed by atoms with van der Waals surface area (Å²) in [4.78, 5) is 22.6. The lowest BCUT2D eigenvalue weighted by atomic mass is 10.1. The van der Waals surface area contributed by atoms with Gasteiger partial charge in [0.05, 0.1) is 5.56 Å². The Hall–Kier alpha value is -1.84. The molecule has 134 valence electrons. The normalized spacial score (nSPS) is 10.5. The van der Waals surface area contributed by atoms with Crippen molar-refractivity contribution in [1.82, 2.24) is 5.32 Å². The van der Waals surface area contributed by atoms with Crippen molar-refractivity contribution < 1.29 is 14.7 Å². The Morgan fingerprint density at radius 1 is 0.875 bits per heavy atom. The van der Waals surface area contributed by atoms with Crippen LogP contribution in [0.2, 0.25) is 0 Å². The van der Waals surface area contributed by atoms with Crippen LogP contribution in [0.1, 0.15) is 87.1 Å². The van der Waals surface area contributed by atoms with E-state index < -0.39 is 5.97 Å². The van der Waals surface area contributed by atoms with Crippen molar-refractivity contribution in [2.24, 2.45) is 0 Å². The summed E-state index contributed by atoms with van der Waals surface area (Å²) in [6, 6.07) is 6.60. The molecule has 4 nitrogen and oxygen atoms in total. The lowest BCUT2D eigenvalue weighted by Crippen LogP contribution is -2.22. The van der Waals surface area contributed by atoms with E-state index in [1.54, 1.807) is 24.3 Å². The highest BCUT2D eigenvalue weighted by Crippen LogP contribution is 2.10. The molecule has 0 heterocycles. The Kier molecular flexibility index (Phi) is 10.6. The minimum Gasteiger partial charge on any atom is -0.478 e. The summed E-state index contributed by atoms with van der Waals surface area (Å²) in [7, 11) is 0. The van der Waals surface area contributed by atoms with Crippen molar-refractivity contribution in [3.05, 3.63) is 35.4 Å². The summed E-state index contributed by atoms with van der Waals surface area (Å²) in [6.45, 7) is 2.69. The van der Waals surface area contributed by atoms with Crippen molar-refractivity contribution in [1.29, 1.82) is 0 Å². The van der Waals surface area contributed by atoms with Crippen LogP contribution in [0.3, 0.4) is 0 Å². The maximum Gasteiger partial charge on any atom is 0.335 e. The molecule has 0 fully saturated rings. The molecule has 0 bridgehead atoms. The van der Waals surface area contributed by atoms with E-state index >= 15 is 0 Å². The molecule has 1 rings (SSSR count). The molecule has 1 aromatic rings. The molecule has 1 amide bonds. The molecule has 0 aliphatic heterocycles. The number of hydrogen-bond acceptors (Lipinski definition) is 2. The van der Waals surface area contributed by atoms with Gasteiger partial charge in [0.2, 0.25) is 5.91 Å². The second-order valence-electron chi connectivity index (χ2n) is 6.36. The standard InChI is InChI=1S/C20H31NO3/c1-2-3-4-5-6-7-8-9-10-11-19(22)21-16-17-12-14-18(15-13-17)20(23)24/h12-15H,2-11,16H2,1H3,(H,21,22)(H,23,24). The lowest BCUT2D eigenvalue weighted by molar-refractivity contribution is -0.121. The zero-order chi connectivity index (χ0) is 17.6. The average molecular weight is 333 g/mol. The number of hydrogen-bond donors (Lipinski definition) is 2. The third-order valence-electron chi connectivity index (χ3n) is 4.20. The zero-order valence-corrected chi connectivity index (χ0v) is 14.9. The molecule has 0 saturated heterocycles. The molecule has 0 atom stereocenters. The second-order valence-corrected chi connectivity index (χ2v) is 6.36. The molecule has 0 spiro atoms. The molecule has 2 N–H and O–H groups in total. The first-order valence-electron chi connectivity index (χ1n) is 9.22. The van der Waals surface area contributed by atoms with E-state index in [9.17, 15) is 9.59 Å². The minimum absolute atomic E-state index is 0.0697. The van der Waals surface area contributed by atoms with Crippen molar-refractivity contribution in [2.45, 2.75) is 77.7 Å². The highest BCUT2D eigenvalue weighted by Gasteiger charge is 2.04. The number of carbonyl (C=O) groups is 2. The molecule has 0 saturated carbocycles. The molecule has 0 aliphatic rings. The quantitative estimate of drug-likeness (QED) is 0.503. The van der Waals surface area contributed by atoms with E-state index in [1.807, 2.05) is 0 Å². The van der Waals surface area contributed by atoms with Crippen LogP contribution in [0.5, 0.6) is 0 Å². The van der Waals surface area contributed by atoms with Crippen LogP contribution in [0, 0.1) is 0 Å². The Balaban J connectivity index is 2.03. The zero-order valence-electron chi connectivity index (χ0n) is 14.9. The van der Waals surface area contributed by atoms with Gasteiger partial charge in [-0.25, -0.2) is 4.79 Å². The average Bonchev–Trinajstić information content (AvgIpc) is 2.59. The second kappa shape index (κ2) is 12.6. The smallest absolute Gasteiger partial charge is 0.335 e. The maximum atomic E-state index is 11.8. The predicted molar refractivity (Wildman–Crippen MR) is 97.1 cm³/mol. The number of rotatable bonds is 13. The van der Waals surface area contributed by atoms with E-state index in [1.165, 1.54) is 44.9 Å². The first-order valence-corrected chi connectivity index (χ1v) is 9.22. The summed E-state index contributed by atoms with van der Waals surface area (Å²) in [5.74, 6) is -0.865. The summed E-state index contributed by atoms with van der Waals surface area (Å²) < 4.78 is 0. The fourth-order valence-corrected chi connectivity index (χ4v) is 2.65. The van der Waals surface area contributed by atoms with Gasteiger partial charge in [-0.15, -0.1) is 0 Å². The minimum atomic E-state index is -0.934. The molecule has 0 radical (unpaired) electrons. The molecule has 0 aliphatic carbocycles. The Morgan fingerprint density at radius 3 is 1.96 bits per heavy atom. The third-order valence-corrected chi connectivity index (χ3v) is 4.20. The summed E-state index contributed by atoms with van der Waals surface area (Å²) >= 11 is 0. The van der Waals surface area contributed by atoms with Gasteiger partial charge in [-0.05, 0) is 24.1 Å². The number of amides is 1. The number of aromatic carboxylic acids is 1. The van der Waals surface area contributed by atoms with Crippen LogP contribution in [0.15, 0.2) is 24.3 Å². The lowest BCUT2D eigenvalue weighted by Gasteiger charge is -2.06. The van der Waals surface area contributed by atoms with Crippen LogP contribution in [0.4, 0.5) is 0 Å². The van der Waals surface area contributed by atoms with E-state index in [0.29, 0.717) is 13.0 Å². The van der Waals surface area contributed by atoms with Crippen LogP contribution < -0.4 is 5.32 Å². The van der Waals surface area contributed by atoms with E-state index in [2.05, 4.69) is 12.2 Å². The van der Waals surface area contributed by atoms with E-state index in [-0.39, 0.29) is 11.5 Å². The van der Waals surface area contributed by atoms with Gasteiger partial charge >= 0.3 is 5.97 Å². The van der Waals surface area contributed by atoms with Crippen molar-refractivity contribution in [2.75, 3.05) is 0 Å². The first kappa shape index (κ1) is 20.2. The maximum absolute atomic E-state index is 11.8. The fraction of sp³-hybridized carbons (Fsp3) is 0.600. The molecule has 0 aromatic heterocycles. The monoisotopic (exact) mass is 333 g/mol. The summed E-state index contributed by atoms with van der Waals surface area (Å²) in [6.07, 6.45) is 11.8. The number of unbranched alkanes of at least 4 members (excludes halogenated alkanes) is 8. The molecule has 24 heavy (non-hydrogen) atoms. The van der Waals surface area contributed by atoms with Crippen LogP contribution in [-0.4, -0.2) is 17.0 Å². The Bertz CT molecular complexity index is 482. The van der Waals surface area contributed by atoms with Gasteiger partial charge in [0.1, 0.15) is 0 Å². The number of carboxylic acids is 1. The van der Waals surface area contributed by atoms with Crippen LogP contribution >= 0.6 is 0 Å². The third kappa shape index (κ3) is 9.33. The highest BCUT2D eigenvalue weighted by molar-refractivity contribution is 5.87. The molecular weight excluding hydrogens is 302 g/mol. The number of carbonyl (C=O) groups excluding carboxylic acids is 1. The topological polar surface area (TPSA) is 66.4 Å². The summed E-state index contributed by atoms with van der Waals surface area (Å²) in [5.41, 5.74) is 1.18. The van der Waals surface area contributed by atoms with Gasteiger partial charge in [-0.1, -0.05) is 70.4 Å². The SMILES string of the molecule is CCCCCCCCCCCC(=O)NCc1ccc(C(=O)O)cc1. The van der Waals surface area contributed by atoms with Gasteiger partial charge in [-0.2, -0.15) is 0 Å². The highest BCUT2D eigenvalue weighted by atomic mass is 16.4. The van der Waals surface area contributed by atoms with Crippen molar-refractivity contribution >= 4 is 11.9 Å². The van der Waals surface area contributed by atoms with Crippen LogP contribution in [-0.2, 0) is 11.3 Å². The predicted octanol–water partition coefficient (Wildman–Crippen LogP) is 4.92. The van der Waals surface area contributed by atoms with E-state index in [4.69, 9.17) is 5.11 Å². The van der Waals surface area contributed by atoms with Crippen LogP contribution in [0.25, 0.3) is 0 Å². The Labute approximate surface area is 145 Å². The summed E-state index contributed by atoms with van der Waals surface area (Å²) in [5, 5.41) is 11.7. The van der Waals surface area contributed by atoms with E-state index in [0.717, 1.165) is 18.4 Å². The van der Waals surface area contributed by atoms with Gasteiger partial charge in [-0.3, -0.25) is 4.79 Å².